The van der Waals surface area contributed by atoms with Crippen LogP contribution in [0.25, 0.3) is 0 Å². The Labute approximate surface area is 102 Å². The van der Waals surface area contributed by atoms with Gasteiger partial charge in [0.1, 0.15) is 0 Å². The van der Waals surface area contributed by atoms with Gasteiger partial charge in [0.25, 0.3) is 0 Å². The minimum Gasteiger partial charge on any atom is -0.390 e. The molecule has 1 amide bonds. The monoisotopic (exact) mass is 264 g/mol. The molecule has 17 heavy (non-hydrogen) atoms. The Morgan fingerprint density at radius 2 is 2.12 bits per heavy atom. The Balaban J connectivity index is 2.46. The number of nitrogens with one attached hydrogen (secondary N) is 1. The van der Waals surface area contributed by atoms with Crippen molar-refractivity contribution in [2.45, 2.75) is 25.9 Å². The molecule has 0 aromatic heterocycles. The number of carbonyl (C=O) groups is 1. The van der Waals surface area contributed by atoms with Crippen LogP contribution in [0.1, 0.15) is 20.3 Å². The van der Waals surface area contributed by atoms with E-state index in [4.69, 9.17) is 0 Å². The molecule has 1 aliphatic heterocycles. The largest absolute Gasteiger partial charge is 0.390 e. The number of hydrogen-bond donors (Lipinski definition) is 2. The Hall–Kier alpha value is -0.660. The summed E-state index contributed by atoms with van der Waals surface area (Å²) in [5, 5.41) is 9.83. The van der Waals surface area contributed by atoms with E-state index in [-0.39, 0.29) is 18.4 Å². The minimum atomic E-state index is -3.34. The van der Waals surface area contributed by atoms with E-state index in [1.54, 1.807) is 18.7 Å². The zero-order valence-corrected chi connectivity index (χ0v) is 11.2. The molecule has 6 nitrogen and oxygen atoms in total. The number of sulfonamides is 1. The van der Waals surface area contributed by atoms with Gasteiger partial charge in [-0.05, 0) is 20.3 Å². The van der Waals surface area contributed by atoms with Gasteiger partial charge in [0, 0.05) is 19.0 Å². The Kier molecular flexibility index (Phi) is 4.16. The van der Waals surface area contributed by atoms with Crippen molar-refractivity contribution >= 4 is 15.9 Å². The van der Waals surface area contributed by atoms with E-state index in [9.17, 15) is 18.3 Å². The number of nitrogens with zero attached hydrogens (tertiary/aromatic N) is 1. The van der Waals surface area contributed by atoms with Gasteiger partial charge in [-0.1, -0.05) is 0 Å². The molecule has 7 heteroatoms. The molecule has 0 aromatic carbocycles. The molecule has 1 rings (SSSR count). The van der Waals surface area contributed by atoms with E-state index in [1.807, 2.05) is 0 Å². The van der Waals surface area contributed by atoms with Crippen LogP contribution in [0.4, 0.5) is 0 Å². The van der Waals surface area contributed by atoms with Gasteiger partial charge in [-0.2, -0.15) is 0 Å². The lowest BCUT2D eigenvalue weighted by atomic mass is 9.90. The maximum atomic E-state index is 11.7. The number of amides is 1. The highest BCUT2D eigenvalue weighted by molar-refractivity contribution is 7.88. The van der Waals surface area contributed by atoms with Crippen molar-refractivity contribution in [3.8, 4) is 0 Å². The van der Waals surface area contributed by atoms with E-state index >= 15 is 0 Å². The molecule has 1 aliphatic rings. The van der Waals surface area contributed by atoms with Crippen LogP contribution in [0.2, 0.25) is 0 Å². The summed E-state index contributed by atoms with van der Waals surface area (Å²) in [7, 11) is -3.34. The topological polar surface area (TPSA) is 86.7 Å². The second-order valence-corrected chi connectivity index (χ2v) is 6.91. The summed E-state index contributed by atoms with van der Waals surface area (Å²) in [6.45, 7) is 4.28. The standard InChI is InChI=1S/C10H20N2O4S/c1-10(2,14)8-4-5-12(7-8)9(13)6-11-17(3,15)16/h8,11,14H,4-7H2,1-3H3/t8-/m1/s1. The second-order valence-electron chi connectivity index (χ2n) is 5.07. The average molecular weight is 264 g/mol. The molecule has 1 atom stereocenters. The molecule has 2 N–H and O–H groups in total. The maximum absolute atomic E-state index is 11.7. The fourth-order valence-electron chi connectivity index (χ4n) is 1.87. The van der Waals surface area contributed by atoms with Gasteiger partial charge in [0.05, 0.1) is 18.4 Å². The summed E-state index contributed by atoms with van der Waals surface area (Å²) >= 11 is 0. The van der Waals surface area contributed by atoms with Crippen LogP contribution < -0.4 is 4.72 Å². The van der Waals surface area contributed by atoms with Crippen molar-refractivity contribution in [1.82, 2.24) is 9.62 Å². The smallest absolute Gasteiger partial charge is 0.237 e. The fourth-order valence-corrected chi connectivity index (χ4v) is 2.25. The normalized spacial score (nSPS) is 21.9. The van der Waals surface area contributed by atoms with Crippen molar-refractivity contribution in [3.05, 3.63) is 0 Å². The number of hydrogen-bond acceptors (Lipinski definition) is 4. The van der Waals surface area contributed by atoms with Crippen LogP contribution in [0.5, 0.6) is 0 Å². The highest BCUT2D eigenvalue weighted by atomic mass is 32.2. The summed E-state index contributed by atoms with van der Waals surface area (Å²) in [6.07, 6.45) is 1.76. The Morgan fingerprint density at radius 3 is 2.53 bits per heavy atom. The van der Waals surface area contributed by atoms with Crippen LogP contribution in [0.3, 0.4) is 0 Å². The summed E-state index contributed by atoms with van der Waals surface area (Å²) in [5.74, 6) is -0.202. The van der Waals surface area contributed by atoms with E-state index in [1.165, 1.54) is 0 Å². The molecule has 1 fully saturated rings. The molecule has 0 spiro atoms. The zero-order valence-electron chi connectivity index (χ0n) is 10.4. The predicted octanol–water partition coefficient (Wildman–Crippen LogP) is -0.845. The van der Waals surface area contributed by atoms with Crippen LogP contribution in [0, 0.1) is 5.92 Å². The minimum absolute atomic E-state index is 0.0460. The van der Waals surface area contributed by atoms with E-state index in [0.717, 1.165) is 12.7 Å². The first-order valence-corrected chi connectivity index (χ1v) is 7.43. The molecule has 0 aliphatic carbocycles. The molecule has 0 bridgehead atoms. The van der Waals surface area contributed by atoms with Gasteiger partial charge in [0.2, 0.25) is 15.9 Å². The van der Waals surface area contributed by atoms with Crippen LogP contribution in [-0.4, -0.2) is 55.8 Å². The van der Waals surface area contributed by atoms with Crippen molar-refractivity contribution in [3.63, 3.8) is 0 Å². The molecule has 0 saturated carbocycles. The molecule has 0 unspecified atom stereocenters. The van der Waals surface area contributed by atoms with Gasteiger partial charge >= 0.3 is 0 Å². The third-order valence-corrected chi connectivity index (χ3v) is 3.69. The number of carbonyl (C=O) groups excluding carboxylic acids is 1. The van der Waals surface area contributed by atoms with Crippen molar-refractivity contribution < 1.29 is 18.3 Å². The highest BCUT2D eigenvalue weighted by Gasteiger charge is 2.35. The summed E-state index contributed by atoms with van der Waals surface area (Å²) in [4.78, 5) is 13.3. The Morgan fingerprint density at radius 1 is 1.53 bits per heavy atom. The van der Waals surface area contributed by atoms with Gasteiger partial charge in [-0.25, -0.2) is 13.1 Å². The van der Waals surface area contributed by atoms with E-state index in [0.29, 0.717) is 13.1 Å². The van der Waals surface area contributed by atoms with Crippen molar-refractivity contribution in [2.75, 3.05) is 25.9 Å². The zero-order chi connectivity index (χ0) is 13.3. The SMILES string of the molecule is CC(C)(O)[C@@H]1CCN(C(=O)CNS(C)(=O)=O)C1. The third kappa shape index (κ3) is 4.61. The van der Waals surface area contributed by atoms with E-state index < -0.39 is 15.6 Å². The van der Waals surface area contributed by atoms with E-state index in [2.05, 4.69) is 4.72 Å². The third-order valence-electron chi connectivity index (χ3n) is 3.03. The molecular weight excluding hydrogens is 244 g/mol. The van der Waals surface area contributed by atoms with Gasteiger partial charge in [-0.3, -0.25) is 4.79 Å². The number of likely N-dealkylation sites (tertiary alicyclic amines) is 1. The summed E-state index contributed by atoms with van der Waals surface area (Å²) < 4.78 is 23.9. The first-order chi connectivity index (χ1) is 7.59. The molecule has 100 valence electrons. The molecule has 1 saturated heterocycles. The van der Waals surface area contributed by atoms with Gasteiger partial charge < -0.3 is 10.0 Å². The lowest BCUT2D eigenvalue weighted by Gasteiger charge is -2.25. The molecular formula is C10H20N2O4S. The average Bonchev–Trinajstić information content (AvgIpc) is 2.60. The van der Waals surface area contributed by atoms with Crippen LogP contribution in [0.15, 0.2) is 0 Å². The van der Waals surface area contributed by atoms with Crippen LogP contribution in [-0.2, 0) is 14.8 Å². The number of aliphatic hydroxyl groups is 1. The van der Waals surface area contributed by atoms with Crippen molar-refractivity contribution in [1.29, 1.82) is 0 Å². The Bertz CT molecular complexity index is 386. The molecule has 0 radical (unpaired) electrons. The highest BCUT2D eigenvalue weighted by Crippen LogP contribution is 2.26. The van der Waals surface area contributed by atoms with Gasteiger partial charge in [0.15, 0.2) is 0 Å². The molecule has 0 aromatic rings. The second kappa shape index (κ2) is 4.91. The fraction of sp³-hybridized carbons (Fsp3) is 0.900. The van der Waals surface area contributed by atoms with Gasteiger partial charge in [-0.15, -0.1) is 0 Å². The quantitative estimate of drug-likeness (QED) is 0.693. The maximum Gasteiger partial charge on any atom is 0.237 e. The summed E-state index contributed by atoms with van der Waals surface area (Å²) in [6, 6.07) is 0. The number of rotatable bonds is 4. The predicted molar refractivity (Wildman–Crippen MR) is 63.8 cm³/mol. The van der Waals surface area contributed by atoms with Crippen LogP contribution >= 0.6 is 0 Å². The summed E-state index contributed by atoms with van der Waals surface area (Å²) in [5.41, 5.74) is -0.806. The lowest BCUT2D eigenvalue weighted by Crippen LogP contribution is -2.40. The van der Waals surface area contributed by atoms with Crippen molar-refractivity contribution in [2.24, 2.45) is 5.92 Å². The first kappa shape index (κ1) is 14.4. The first-order valence-electron chi connectivity index (χ1n) is 5.54. The molecule has 1 heterocycles. The lowest BCUT2D eigenvalue weighted by molar-refractivity contribution is -0.129.